The summed E-state index contributed by atoms with van der Waals surface area (Å²) in [4.78, 5) is 0.0890. The fraction of sp³-hybridized carbons (Fsp3) is 0.667. The van der Waals surface area contributed by atoms with Crippen LogP contribution in [0.25, 0.3) is 0 Å². The lowest BCUT2D eigenvalue weighted by molar-refractivity contribution is 0.578. The van der Waals surface area contributed by atoms with Crippen LogP contribution in [0.2, 0.25) is 0 Å². The first kappa shape index (κ1) is 13.0. The molecule has 92 valence electrons. The molecular weight excluding hydrogens is 228 g/mol. The number of nitrogens with zero attached hydrogens (tertiary/aromatic N) is 2. The Morgan fingerprint density at radius 3 is 2.56 bits per heavy atom. The van der Waals surface area contributed by atoms with Crippen molar-refractivity contribution in [3.05, 3.63) is 5.69 Å². The van der Waals surface area contributed by atoms with Crippen molar-refractivity contribution in [2.45, 2.75) is 31.6 Å². The highest BCUT2D eigenvalue weighted by molar-refractivity contribution is 7.89. The van der Waals surface area contributed by atoms with E-state index in [0.717, 1.165) is 12.8 Å². The van der Waals surface area contributed by atoms with Gasteiger partial charge in [0.1, 0.15) is 10.7 Å². The van der Waals surface area contributed by atoms with Gasteiger partial charge in [0.2, 0.25) is 10.0 Å². The number of nitrogens with one attached hydrogen (secondary N) is 1. The van der Waals surface area contributed by atoms with Gasteiger partial charge in [0, 0.05) is 13.6 Å². The Morgan fingerprint density at radius 2 is 2.12 bits per heavy atom. The number of sulfonamides is 1. The number of nitrogen functional groups attached to an aromatic ring is 1. The predicted molar refractivity (Wildman–Crippen MR) is 62.5 cm³/mol. The van der Waals surface area contributed by atoms with E-state index < -0.39 is 10.0 Å². The van der Waals surface area contributed by atoms with E-state index in [1.807, 2.05) is 6.92 Å². The second-order valence-corrected chi connectivity index (χ2v) is 5.38. The predicted octanol–water partition coefficient (Wildman–Crippen LogP) is 0.389. The van der Waals surface area contributed by atoms with Crippen molar-refractivity contribution in [1.82, 2.24) is 14.5 Å². The lowest BCUT2D eigenvalue weighted by Crippen LogP contribution is -2.25. The van der Waals surface area contributed by atoms with Crippen LogP contribution in [0.15, 0.2) is 4.90 Å². The number of aromatic nitrogens is 2. The number of anilines is 1. The molecule has 6 nitrogen and oxygen atoms in total. The van der Waals surface area contributed by atoms with Crippen LogP contribution in [-0.2, 0) is 17.1 Å². The lowest BCUT2D eigenvalue weighted by Gasteiger charge is -2.05. The van der Waals surface area contributed by atoms with Gasteiger partial charge in [0.05, 0.1) is 5.69 Å². The Bertz CT molecular complexity index is 464. The highest BCUT2D eigenvalue weighted by Gasteiger charge is 2.23. The largest absolute Gasteiger partial charge is 0.383 e. The summed E-state index contributed by atoms with van der Waals surface area (Å²) in [7, 11) is -1.91. The molecule has 1 aromatic heterocycles. The van der Waals surface area contributed by atoms with Crippen molar-refractivity contribution in [3.63, 3.8) is 0 Å². The fourth-order valence-electron chi connectivity index (χ4n) is 1.44. The molecule has 7 heteroatoms. The molecule has 0 saturated heterocycles. The summed E-state index contributed by atoms with van der Waals surface area (Å²) >= 11 is 0. The van der Waals surface area contributed by atoms with Crippen LogP contribution >= 0.6 is 0 Å². The Hall–Kier alpha value is -1.08. The third-order valence-corrected chi connectivity index (χ3v) is 3.93. The van der Waals surface area contributed by atoms with Gasteiger partial charge in [-0.3, -0.25) is 4.68 Å². The minimum absolute atomic E-state index is 0.0890. The minimum atomic E-state index is -3.53. The average molecular weight is 246 g/mol. The van der Waals surface area contributed by atoms with E-state index in [1.165, 1.54) is 4.68 Å². The summed E-state index contributed by atoms with van der Waals surface area (Å²) in [5, 5.41) is 3.98. The number of nitrogens with two attached hydrogens (primary N) is 1. The maximum Gasteiger partial charge on any atom is 0.246 e. The Morgan fingerprint density at radius 1 is 1.50 bits per heavy atom. The first-order valence-electron chi connectivity index (χ1n) is 5.19. The van der Waals surface area contributed by atoms with Crippen molar-refractivity contribution in [2.24, 2.45) is 7.05 Å². The maximum absolute atomic E-state index is 11.9. The van der Waals surface area contributed by atoms with E-state index in [2.05, 4.69) is 9.82 Å². The molecule has 16 heavy (non-hydrogen) atoms. The summed E-state index contributed by atoms with van der Waals surface area (Å²) in [6, 6.07) is 0. The fourth-order valence-corrected chi connectivity index (χ4v) is 2.84. The highest BCUT2D eigenvalue weighted by atomic mass is 32.2. The highest BCUT2D eigenvalue weighted by Crippen LogP contribution is 2.20. The van der Waals surface area contributed by atoms with Gasteiger partial charge in [-0.2, -0.15) is 5.10 Å². The number of rotatable bonds is 5. The van der Waals surface area contributed by atoms with Crippen LogP contribution in [0.1, 0.15) is 25.5 Å². The normalized spacial score (nSPS) is 11.9. The van der Waals surface area contributed by atoms with Gasteiger partial charge >= 0.3 is 0 Å². The first-order chi connectivity index (χ1) is 7.40. The Balaban J connectivity index is 2.98. The number of hydrogen-bond donors (Lipinski definition) is 2. The second-order valence-electron chi connectivity index (χ2n) is 3.67. The molecule has 1 heterocycles. The molecule has 3 N–H and O–H groups in total. The summed E-state index contributed by atoms with van der Waals surface area (Å²) in [6.07, 6.45) is 1.74. The zero-order valence-corrected chi connectivity index (χ0v) is 10.6. The molecule has 0 unspecified atom stereocenters. The van der Waals surface area contributed by atoms with E-state index in [9.17, 15) is 8.42 Å². The first-order valence-corrected chi connectivity index (χ1v) is 6.67. The molecule has 0 spiro atoms. The van der Waals surface area contributed by atoms with Crippen molar-refractivity contribution in [1.29, 1.82) is 0 Å². The smallest absolute Gasteiger partial charge is 0.246 e. The third kappa shape index (κ3) is 2.53. The van der Waals surface area contributed by atoms with Gasteiger partial charge in [-0.05, 0) is 13.3 Å². The average Bonchev–Trinajstić information content (AvgIpc) is 2.41. The molecule has 0 aliphatic heterocycles. The number of unbranched alkanes of at least 4 members (excludes halogenated alkanes) is 1. The van der Waals surface area contributed by atoms with E-state index in [4.69, 9.17) is 5.73 Å². The third-order valence-electron chi connectivity index (χ3n) is 2.30. The Labute approximate surface area is 95.9 Å². The zero-order chi connectivity index (χ0) is 12.3. The van der Waals surface area contributed by atoms with Gasteiger partial charge in [-0.15, -0.1) is 0 Å². The minimum Gasteiger partial charge on any atom is -0.383 e. The quantitative estimate of drug-likeness (QED) is 0.735. The van der Waals surface area contributed by atoms with Crippen LogP contribution in [0.5, 0.6) is 0 Å². The molecule has 1 aromatic rings. The van der Waals surface area contributed by atoms with E-state index in [1.54, 1.807) is 14.0 Å². The number of aryl methyl sites for hydroxylation is 2. The summed E-state index contributed by atoms with van der Waals surface area (Å²) in [5.41, 5.74) is 6.10. The van der Waals surface area contributed by atoms with Gasteiger partial charge in [-0.1, -0.05) is 13.3 Å². The van der Waals surface area contributed by atoms with Crippen molar-refractivity contribution >= 4 is 15.8 Å². The molecule has 1 rings (SSSR count). The summed E-state index contributed by atoms with van der Waals surface area (Å²) in [6.45, 7) is 4.05. The van der Waals surface area contributed by atoms with E-state index in [0.29, 0.717) is 12.2 Å². The summed E-state index contributed by atoms with van der Waals surface area (Å²) in [5.74, 6) is 0.168. The molecule has 0 atom stereocenters. The van der Waals surface area contributed by atoms with Gasteiger partial charge in [0.15, 0.2) is 0 Å². The molecule has 0 amide bonds. The van der Waals surface area contributed by atoms with E-state index in [-0.39, 0.29) is 10.7 Å². The van der Waals surface area contributed by atoms with Crippen molar-refractivity contribution in [2.75, 3.05) is 12.3 Å². The monoisotopic (exact) mass is 246 g/mol. The van der Waals surface area contributed by atoms with Crippen LogP contribution in [0, 0.1) is 6.92 Å². The second kappa shape index (κ2) is 4.84. The molecule has 0 saturated carbocycles. The standard InChI is InChI=1S/C9H18N4O2S/c1-4-5-6-11-16(14,15)8-7(2)12-13(3)9(8)10/h11H,4-6,10H2,1-3H3. The lowest BCUT2D eigenvalue weighted by atomic mass is 10.3. The SMILES string of the molecule is CCCCNS(=O)(=O)c1c(C)nn(C)c1N. The molecule has 0 fully saturated rings. The van der Waals surface area contributed by atoms with Crippen molar-refractivity contribution in [3.8, 4) is 0 Å². The molecule has 0 aliphatic carbocycles. The van der Waals surface area contributed by atoms with Crippen LogP contribution in [0.3, 0.4) is 0 Å². The van der Waals surface area contributed by atoms with Crippen molar-refractivity contribution < 1.29 is 8.42 Å². The maximum atomic E-state index is 11.9. The molecule has 0 aromatic carbocycles. The van der Waals surface area contributed by atoms with Crippen LogP contribution < -0.4 is 10.5 Å². The van der Waals surface area contributed by atoms with Crippen LogP contribution in [0.4, 0.5) is 5.82 Å². The summed E-state index contributed by atoms with van der Waals surface area (Å²) < 4.78 is 27.7. The molecule has 0 aliphatic rings. The zero-order valence-electron chi connectivity index (χ0n) is 9.82. The van der Waals surface area contributed by atoms with Gasteiger partial charge in [0.25, 0.3) is 0 Å². The van der Waals surface area contributed by atoms with Gasteiger partial charge in [-0.25, -0.2) is 13.1 Å². The Kier molecular flexibility index (Phi) is 3.93. The van der Waals surface area contributed by atoms with Crippen LogP contribution in [-0.4, -0.2) is 24.7 Å². The molecular formula is C9H18N4O2S. The van der Waals surface area contributed by atoms with E-state index >= 15 is 0 Å². The topological polar surface area (TPSA) is 90.0 Å². The molecule has 0 bridgehead atoms. The van der Waals surface area contributed by atoms with Gasteiger partial charge < -0.3 is 5.73 Å². The number of hydrogen-bond acceptors (Lipinski definition) is 4. The molecule has 0 radical (unpaired) electrons.